The van der Waals surface area contributed by atoms with Crippen molar-refractivity contribution in [2.75, 3.05) is 12.4 Å². The number of benzene rings is 1. The van der Waals surface area contributed by atoms with Crippen molar-refractivity contribution in [2.24, 2.45) is 0 Å². The Morgan fingerprint density at radius 2 is 1.85 bits per heavy atom. The van der Waals surface area contributed by atoms with Gasteiger partial charge < -0.3 is 15.4 Å². The van der Waals surface area contributed by atoms with Gasteiger partial charge in [0.15, 0.2) is 0 Å². The van der Waals surface area contributed by atoms with Crippen molar-refractivity contribution in [1.82, 2.24) is 15.3 Å². The number of carbonyl (C=O) groups is 1. The Balaban J connectivity index is 1.63. The van der Waals surface area contributed by atoms with Gasteiger partial charge in [0.1, 0.15) is 12.4 Å². The first-order valence-corrected chi connectivity index (χ1v) is 8.29. The van der Waals surface area contributed by atoms with Crippen LogP contribution in [0.2, 0.25) is 0 Å². The number of anilines is 1. The van der Waals surface area contributed by atoms with Gasteiger partial charge in [0.2, 0.25) is 5.88 Å². The minimum absolute atomic E-state index is 0.179. The SMILES string of the molecule is CNC(=O)c1cccnc1NCc1ccnc(OCc2ccccc2)c1. The molecule has 0 atom stereocenters. The first-order chi connectivity index (χ1) is 12.8. The predicted octanol–water partition coefficient (Wildman–Crippen LogP) is 3.03. The molecule has 1 amide bonds. The molecule has 0 aliphatic heterocycles. The van der Waals surface area contributed by atoms with Gasteiger partial charge in [0.25, 0.3) is 5.91 Å². The maximum atomic E-state index is 11.9. The number of aromatic nitrogens is 2. The molecule has 3 aromatic rings. The van der Waals surface area contributed by atoms with Crippen LogP contribution in [0.1, 0.15) is 21.5 Å². The zero-order valence-electron chi connectivity index (χ0n) is 14.5. The molecule has 0 bridgehead atoms. The molecule has 2 N–H and O–H groups in total. The molecule has 2 heterocycles. The summed E-state index contributed by atoms with van der Waals surface area (Å²) in [5, 5.41) is 5.80. The lowest BCUT2D eigenvalue weighted by Gasteiger charge is -2.11. The number of ether oxygens (including phenoxy) is 1. The molecule has 132 valence electrons. The van der Waals surface area contributed by atoms with Crippen LogP contribution in [0.25, 0.3) is 0 Å². The van der Waals surface area contributed by atoms with E-state index in [0.29, 0.717) is 30.4 Å². The highest BCUT2D eigenvalue weighted by Gasteiger charge is 2.10. The van der Waals surface area contributed by atoms with E-state index in [4.69, 9.17) is 4.74 Å². The highest BCUT2D eigenvalue weighted by atomic mass is 16.5. The van der Waals surface area contributed by atoms with Crippen molar-refractivity contribution >= 4 is 11.7 Å². The van der Waals surface area contributed by atoms with Gasteiger partial charge >= 0.3 is 0 Å². The standard InChI is InChI=1S/C20H20N4O2/c1-21-20(25)17-8-5-10-23-19(17)24-13-16-9-11-22-18(12-16)26-14-15-6-3-2-4-7-15/h2-12H,13-14H2,1H3,(H,21,25)(H,23,24). The van der Waals surface area contributed by atoms with Gasteiger partial charge in [-0.2, -0.15) is 0 Å². The fraction of sp³-hybridized carbons (Fsp3) is 0.150. The Labute approximate surface area is 152 Å². The molecule has 0 saturated carbocycles. The zero-order valence-corrected chi connectivity index (χ0v) is 14.5. The number of rotatable bonds is 7. The van der Waals surface area contributed by atoms with Gasteiger partial charge in [-0.3, -0.25) is 4.79 Å². The minimum atomic E-state index is -0.179. The molecular formula is C20H20N4O2. The molecule has 2 aromatic heterocycles. The van der Waals surface area contributed by atoms with Crippen molar-refractivity contribution in [3.63, 3.8) is 0 Å². The lowest BCUT2D eigenvalue weighted by Crippen LogP contribution is -2.20. The number of hydrogen-bond acceptors (Lipinski definition) is 5. The summed E-state index contributed by atoms with van der Waals surface area (Å²) in [4.78, 5) is 20.4. The molecule has 6 nitrogen and oxygen atoms in total. The van der Waals surface area contributed by atoms with E-state index >= 15 is 0 Å². The Morgan fingerprint density at radius 1 is 1.00 bits per heavy atom. The quantitative estimate of drug-likeness (QED) is 0.686. The molecule has 0 radical (unpaired) electrons. The van der Waals surface area contributed by atoms with Gasteiger partial charge in [-0.1, -0.05) is 30.3 Å². The molecule has 3 rings (SSSR count). The lowest BCUT2D eigenvalue weighted by atomic mass is 10.2. The minimum Gasteiger partial charge on any atom is -0.473 e. The first-order valence-electron chi connectivity index (χ1n) is 8.29. The second-order valence-electron chi connectivity index (χ2n) is 5.61. The second-order valence-corrected chi connectivity index (χ2v) is 5.61. The molecular weight excluding hydrogens is 328 g/mol. The summed E-state index contributed by atoms with van der Waals surface area (Å²) in [5.74, 6) is 0.915. The predicted molar refractivity (Wildman–Crippen MR) is 100.0 cm³/mol. The van der Waals surface area contributed by atoms with Gasteiger partial charge in [-0.25, -0.2) is 9.97 Å². The summed E-state index contributed by atoms with van der Waals surface area (Å²) >= 11 is 0. The molecule has 0 unspecified atom stereocenters. The Hall–Kier alpha value is -3.41. The zero-order chi connectivity index (χ0) is 18.2. The number of nitrogens with one attached hydrogen (secondary N) is 2. The van der Waals surface area contributed by atoms with Crippen LogP contribution in [0.15, 0.2) is 67.0 Å². The van der Waals surface area contributed by atoms with E-state index < -0.39 is 0 Å². The van der Waals surface area contributed by atoms with Crippen molar-refractivity contribution < 1.29 is 9.53 Å². The summed E-state index contributed by atoms with van der Waals surface area (Å²) in [6, 6.07) is 17.2. The molecule has 26 heavy (non-hydrogen) atoms. The maximum absolute atomic E-state index is 11.9. The topological polar surface area (TPSA) is 76.1 Å². The molecule has 0 fully saturated rings. The van der Waals surface area contributed by atoms with Crippen LogP contribution in [0.5, 0.6) is 5.88 Å². The van der Waals surface area contributed by atoms with E-state index in [2.05, 4.69) is 20.6 Å². The van der Waals surface area contributed by atoms with Crippen molar-refractivity contribution in [3.8, 4) is 5.88 Å². The number of amides is 1. The molecule has 6 heteroatoms. The van der Waals surface area contributed by atoms with Crippen LogP contribution in [0.3, 0.4) is 0 Å². The molecule has 1 aromatic carbocycles. The molecule has 0 saturated heterocycles. The van der Waals surface area contributed by atoms with Crippen LogP contribution in [0, 0.1) is 0 Å². The molecule has 0 spiro atoms. The number of carbonyl (C=O) groups excluding carboxylic acids is 1. The normalized spacial score (nSPS) is 10.2. The van der Waals surface area contributed by atoms with E-state index in [1.54, 1.807) is 31.6 Å². The number of hydrogen-bond donors (Lipinski definition) is 2. The van der Waals surface area contributed by atoms with Crippen LogP contribution >= 0.6 is 0 Å². The molecule has 0 aliphatic rings. The summed E-state index contributed by atoms with van der Waals surface area (Å²) in [6.45, 7) is 0.969. The van der Waals surface area contributed by atoms with Crippen LogP contribution in [0.4, 0.5) is 5.82 Å². The summed E-state index contributed by atoms with van der Waals surface area (Å²) in [5.41, 5.74) is 2.57. The highest BCUT2D eigenvalue weighted by molar-refractivity contribution is 5.98. The van der Waals surface area contributed by atoms with E-state index in [1.165, 1.54) is 0 Å². The van der Waals surface area contributed by atoms with Gasteiger partial charge in [-0.15, -0.1) is 0 Å². The highest BCUT2D eigenvalue weighted by Crippen LogP contribution is 2.15. The Bertz CT molecular complexity index is 868. The van der Waals surface area contributed by atoms with Crippen molar-refractivity contribution in [3.05, 3.63) is 83.7 Å². The number of nitrogens with zero attached hydrogens (tertiary/aromatic N) is 2. The second kappa shape index (κ2) is 8.62. The lowest BCUT2D eigenvalue weighted by molar-refractivity contribution is 0.0963. The van der Waals surface area contributed by atoms with E-state index in [9.17, 15) is 4.79 Å². The van der Waals surface area contributed by atoms with E-state index in [0.717, 1.165) is 11.1 Å². The van der Waals surface area contributed by atoms with Gasteiger partial charge in [0.05, 0.1) is 5.56 Å². The van der Waals surface area contributed by atoms with Crippen molar-refractivity contribution in [1.29, 1.82) is 0 Å². The first kappa shape index (κ1) is 17.4. The largest absolute Gasteiger partial charge is 0.473 e. The summed E-state index contributed by atoms with van der Waals surface area (Å²) < 4.78 is 5.75. The monoisotopic (exact) mass is 348 g/mol. The van der Waals surface area contributed by atoms with Gasteiger partial charge in [-0.05, 0) is 29.3 Å². The van der Waals surface area contributed by atoms with Crippen LogP contribution in [-0.2, 0) is 13.2 Å². The van der Waals surface area contributed by atoms with Crippen LogP contribution in [-0.4, -0.2) is 22.9 Å². The van der Waals surface area contributed by atoms with Gasteiger partial charge in [0, 0.05) is 32.1 Å². The van der Waals surface area contributed by atoms with Crippen molar-refractivity contribution in [2.45, 2.75) is 13.2 Å². The smallest absolute Gasteiger partial charge is 0.254 e. The number of pyridine rings is 2. The fourth-order valence-electron chi connectivity index (χ4n) is 2.42. The third kappa shape index (κ3) is 4.57. The van der Waals surface area contributed by atoms with E-state index in [-0.39, 0.29) is 5.91 Å². The third-order valence-corrected chi connectivity index (χ3v) is 3.77. The average Bonchev–Trinajstić information content (AvgIpc) is 2.71. The Kier molecular flexibility index (Phi) is 5.77. The van der Waals surface area contributed by atoms with E-state index in [1.807, 2.05) is 42.5 Å². The Morgan fingerprint density at radius 3 is 2.65 bits per heavy atom. The summed E-state index contributed by atoms with van der Waals surface area (Å²) in [7, 11) is 1.60. The fourth-order valence-corrected chi connectivity index (χ4v) is 2.42. The maximum Gasteiger partial charge on any atom is 0.254 e. The van der Waals surface area contributed by atoms with Crippen LogP contribution < -0.4 is 15.4 Å². The average molecular weight is 348 g/mol. The third-order valence-electron chi connectivity index (χ3n) is 3.77. The molecule has 0 aliphatic carbocycles. The summed E-state index contributed by atoms with van der Waals surface area (Å²) in [6.07, 6.45) is 3.35.